The molecule has 0 aliphatic carbocycles. The molecule has 0 aliphatic rings. The van der Waals surface area contributed by atoms with E-state index < -0.39 is 11.1 Å². The zero-order valence-electron chi connectivity index (χ0n) is 19.8. The average Bonchev–Trinajstić information content (AvgIpc) is 2.89. The summed E-state index contributed by atoms with van der Waals surface area (Å²) in [5.74, 6) is -0.487. The molecule has 178 valence electrons. The van der Waals surface area contributed by atoms with Gasteiger partial charge in [-0.1, -0.05) is 83.6 Å². The number of benzene rings is 4. The van der Waals surface area contributed by atoms with Crippen molar-refractivity contribution >= 4 is 28.4 Å². The van der Waals surface area contributed by atoms with E-state index in [9.17, 15) is 14.0 Å². The van der Waals surface area contributed by atoms with Crippen molar-refractivity contribution in [3.63, 3.8) is 0 Å². The van der Waals surface area contributed by atoms with Gasteiger partial charge in [0.2, 0.25) is 0 Å². The minimum atomic E-state index is -0.645. The normalized spacial score (nSPS) is 12.0. The molecule has 1 aromatic heterocycles. The number of nitrogens with zero attached hydrogens (tertiary/aromatic N) is 2. The lowest BCUT2D eigenvalue weighted by Gasteiger charge is -2.19. The van der Waals surface area contributed by atoms with E-state index in [0.717, 1.165) is 16.7 Å². The second-order valence-electron chi connectivity index (χ2n) is 8.67. The Morgan fingerprint density at radius 2 is 1.44 bits per heavy atom. The SMILES string of the molecule is Cc1ccc(C(=O)[C@@H](Sc2nc3ccccc3c(=O)n2-c2ccc(F)cc2)c2ccc(C)cc2)cc1. The smallest absolute Gasteiger partial charge is 0.266 e. The molecular weight excluding hydrogens is 471 g/mol. The van der Waals surface area contributed by atoms with Crippen LogP contribution in [0, 0.1) is 19.7 Å². The monoisotopic (exact) mass is 494 g/mol. The molecule has 0 radical (unpaired) electrons. The van der Waals surface area contributed by atoms with E-state index in [0.29, 0.717) is 27.3 Å². The zero-order chi connectivity index (χ0) is 25.2. The highest BCUT2D eigenvalue weighted by Gasteiger charge is 2.26. The number of Topliss-reactive ketones (excluding diaryl/α,β-unsaturated/α-hetero) is 1. The molecule has 36 heavy (non-hydrogen) atoms. The van der Waals surface area contributed by atoms with Crippen LogP contribution in [-0.2, 0) is 0 Å². The van der Waals surface area contributed by atoms with Crippen LogP contribution in [0.1, 0.15) is 32.3 Å². The van der Waals surface area contributed by atoms with E-state index in [-0.39, 0.29) is 11.3 Å². The number of aromatic nitrogens is 2. The standard InChI is InChI=1S/C30H23FN2O2S/c1-19-7-11-21(12-8-19)27(34)28(22-13-9-20(2)10-14-22)36-30-32-26-6-4-3-5-25(26)29(35)33(30)24-17-15-23(31)16-18-24/h3-18,28H,1-2H3/t28-/m0/s1. The Morgan fingerprint density at radius 3 is 2.11 bits per heavy atom. The zero-order valence-corrected chi connectivity index (χ0v) is 20.6. The van der Waals surface area contributed by atoms with Crippen LogP contribution in [0.4, 0.5) is 4.39 Å². The molecule has 1 heterocycles. The van der Waals surface area contributed by atoms with Gasteiger partial charge in [-0.15, -0.1) is 0 Å². The molecule has 5 aromatic rings. The van der Waals surface area contributed by atoms with Gasteiger partial charge < -0.3 is 0 Å². The third-order valence-electron chi connectivity index (χ3n) is 6.01. The van der Waals surface area contributed by atoms with Crippen molar-refractivity contribution < 1.29 is 9.18 Å². The molecule has 5 rings (SSSR count). The summed E-state index contributed by atoms with van der Waals surface area (Å²) in [4.78, 5) is 32.2. The van der Waals surface area contributed by atoms with Crippen LogP contribution in [0.15, 0.2) is 107 Å². The molecule has 0 saturated carbocycles. The van der Waals surface area contributed by atoms with Crippen molar-refractivity contribution in [1.82, 2.24) is 9.55 Å². The lowest BCUT2D eigenvalue weighted by molar-refractivity contribution is 0.0989. The summed E-state index contributed by atoms with van der Waals surface area (Å²) >= 11 is 1.22. The number of halogens is 1. The molecular formula is C30H23FN2O2S. The van der Waals surface area contributed by atoms with Gasteiger partial charge in [-0.2, -0.15) is 0 Å². The summed E-state index contributed by atoms with van der Waals surface area (Å²) in [6.07, 6.45) is 0. The first-order valence-electron chi connectivity index (χ1n) is 11.5. The van der Waals surface area contributed by atoms with Crippen LogP contribution in [-0.4, -0.2) is 15.3 Å². The summed E-state index contributed by atoms with van der Waals surface area (Å²) in [6.45, 7) is 3.96. The highest BCUT2D eigenvalue weighted by molar-refractivity contribution is 8.00. The maximum absolute atomic E-state index is 13.8. The van der Waals surface area contributed by atoms with Gasteiger partial charge in [0.1, 0.15) is 11.1 Å². The lowest BCUT2D eigenvalue weighted by atomic mass is 10.0. The van der Waals surface area contributed by atoms with Crippen molar-refractivity contribution in [2.24, 2.45) is 0 Å². The largest absolute Gasteiger partial charge is 0.293 e. The van der Waals surface area contributed by atoms with Gasteiger partial charge in [0.15, 0.2) is 10.9 Å². The van der Waals surface area contributed by atoms with E-state index in [1.54, 1.807) is 30.3 Å². The minimum Gasteiger partial charge on any atom is -0.293 e. The maximum atomic E-state index is 13.8. The summed E-state index contributed by atoms with van der Waals surface area (Å²) in [7, 11) is 0. The highest BCUT2D eigenvalue weighted by atomic mass is 32.2. The molecule has 4 nitrogen and oxygen atoms in total. The molecule has 0 unspecified atom stereocenters. The summed E-state index contributed by atoms with van der Waals surface area (Å²) < 4.78 is 15.1. The fourth-order valence-electron chi connectivity index (χ4n) is 4.00. The molecule has 0 fully saturated rings. The van der Waals surface area contributed by atoms with E-state index in [1.807, 2.05) is 68.4 Å². The topological polar surface area (TPSA) is 52.0 Å². The second kappa shape index (κ2) is 9.91. The first kappa shape index (κ1) is 23.7. The molecule has 0 saturated heterocycles. The third-order valence-corrected chi connectivity index (χ3v) is 7.21. The highest BCUT2D eigenvalue weighted by Crippen LogP contribution is 2.38. The number of aryl methyl sites for hydroxylation is 2. The number of thioether (sulfide) groups is 1. The van der Waals surface area contributed by atoms with Crippen LogP contribution in [0.25, 0.3) is 16.6 Å². The number of para-hydroxylation sites is 1. The van der Waals surface area contributed by atoms with Gasteiger partial charge in [-0.3, -0.25) is 14.2 Å². The fraction of sp³-hybridized carbons (Fsp3) is 0.100. The molecule has 1 atom stereocenters. The summed E-state index contributed by atoms with van der Waals surface area (Å²) in [5.41, 5.74) is 4.27. The van der Waals surface area contributed by atoms with E-state index in [1.165, 1.54) is 28.5 Å². The predicted octanol–water partition coefficient (Wildman–Crippen LogP) is 6.86. The number of ketones is 1. The Hall–Kier alpha value is -4.03. The number of rotatable bonds is 6. The van der Waals surface area contributed by atoms with Gasteiger partial charge in [-0.05, 0) is 55.8 Å². The van der Waals surface area contributed by atoms with E-state index in [2.05, 4.69) is 0 Å². The molecule has 0 aliphatic heterocycles. The Labute approximate surface area is 212 Å². The van der Waals surface area contributed by atoms with E-state index in [4.69, 9.17) is 4.98 Å². The van der Waals surface area contributed by atoms with Crippen molar-refractivity contribution in [3.8, 4) is 5.69 Å². The summed E-state index contributed by atoms with van der Waals surface area (Å²) in [6, 6.07) is 28.0. The van der Waals surface area contributed by atoms with Gasteiger partial charge in [0.25, 0.3) is 5.56 Å². The lowest BCUT2D eigenvalue weighted by Crippen LogP contribution is -2.23. The number of carbonyl (C=O) groups excluding carboxylic acids is 1. The molecule has 0 amide bonds. The Balaban J connectivity index is 1.69. The van der Waals surface area contributed by atoms with Crippen LogP contribution in [0.5, 0.6) is 0 Å². The van der Waals surface area contributed by atoms with Crippen LogP contribution in [0.3, 0.4) is 0 Å². The van der Waals surface area contributed by atoms with Crippen molar-refractivity contribution in [2.75, 3.05) is 0 Å². The van der Waals surface area contributed by atoms with E-state index >= 15 is 0 Å². The van der Waals surface area contributed by atoms with Gasteiger partial charge in [-0.25, -0.2) is 9.37 Å². The number of fused-ring (bicyclic) bond motifs is 1. The second-order valence-corrected chi connectivity index (χ2v) is 9.74. The van der Waals surface area contributed by atoms with Gasteiger partial charge in [0, 0.05) is 5.56 Å². The molecule has 0 spiro atoms. The first-order valence-corrected chi connectivity index (χ1v) is 12.4. The number of hydrogen-bond donors (Lipinski definition) is 0. The first-order chi connectivity index (χ1) is 17.4. The van der Waals surface area contributed by atoms with Crippen molar-refractivity contribution in [1.29, 1.82) is 0 Å². The molecule has 4 aromatic carbocycles. The molecule has 0 N–H and O–H groups in total. The van der Waals surface area contributed by atoms with Crippen molar-refractivity contribution in [3.05, 3.63) is 135 Å². The van der Waals surface area contributed by atoms with Gasteiger partial charge in [0.05, 0.1) is 16.6 Å². The maximum Gasteiger partial charge on any atom is 0.266 e. The Kier molecular flexibility index (Phi) is 6.53. The van der Waals surface area contributed by atoms with Gasteiger partial charge >= 0.3 is 0 Å². The van der Waals surface area contributed by atoms with Crippen molar-refractivity contribution in [2.45, 2.75) is 24.3 Å². The quantitative estimate of drug-likeness (QED) is 0.147. The fourth-order valence-corrected chi connectivity index (χ4v) is 5.19. The summed E-state index contributed by atoms with van der Waals surface area (Å²) in [5, 5.41) is 0.160. The minimum absolute atomic E-state index is 0.0862. The average molecular weight is 495 g/mol. The molecule has 0 bridgehead atoms. The third kappa shape index (κ3) is 4.72. The number of carbonyl (C=O) groups is 1. The predicted molar refractivity (Wildman–Crippen MR) is 143 cm³/mol. The Bertz CT molecular complexity index is 1610. The Morgan fingerprint density at radius 1 is 0.833 bits per heavy atom. The number of hydrogen-bond acceptors (Lipinski definition) is 4. The van der Waals surface area contributed by atoms with Crippen LogP contribution in [0.2, 0.25) is 0 Å². The van der Waals surface area contributed by atoms with Crippen LogP contribution >= 0.6 is 11.8 Å². The van der Waals surface area contributed by atoms with Crippen LogP contribution < -0.4 is 5.56 Å². The molecule has 6 heteroatoms.